The highest BCUT2D eigenvalue weighted by atomic mass is 16.5. The summed E-state index contributed by atoms with van der Waals surface area (Å²) in [6.07, 6.45) is 3.27. The molecule has 6 nitrogen and oxygen atoms in total. The predicted molar refractivity (Wildman–Crippen MR) is 93.9 cm³/mol. The summed E-state index contributed by atoms with van der Waals surface area (Å²) in [7, 11) is 2.98. The SMILES string of the molecule is COc1ccc(OC)c(C(=O)OCC(=O)N[C@H]2CCC[C@@H](C)[C@H]2C)c1. The Morgan fingerprint density at radius 2 is 1.92 bits per heavy atom. The van der Waals surface area contributed by atoms with Crippen molar-refractivity contribution in [1.29, 1.82) is 0 Å². The Bertz CT molecular complexity index is 616. The topological polar surface area (TPSA) is 73.9 Å². The molecule has 1 aromatic rings. The van der Waals surface area contributed by atoms with E-state index in [1.165, 1.54) is 26.7 Å². The summed E-state index contributed by atoms with van der Waals surface area (Å²) in [5, 5.41) is 2.98. The molecule has 1 saturated carbocycles. The Balaban J connectivity index is 1.92. The maximum atomic E-state index is 12.3. The predicted octanol–water partition coefficient (Wildman–Crippen LogP) is 2.80. The fourth-order valence-corrected chi connectivity index (χ4v) is 3.22. The van der Waals surface area contributed by atoms with Gasteiger partial charge in [0.05, 0.1) is 14.2 Å². The van der Waals surface area contributed by atoms with Crippen molar-refractivity contribution in [3.8, 4) is 11.5 Å². The fraction of sp³-hybridized carbons (Fsp3) is 0.579. The van der Waals surface area contributed by atoms with E-state index in [4.69, 9.17) is 14.2 Å². The van der Waals surface area contributed by atoms with Gasteiger partial charge in [0.2, 0.25) is 0 Å². The molecule has 1 fully saturated rings. The van der Waals surface area contributed by atoms with Gasteiger partial charge in [-0.2, -0.15) is 0 Å². The highest BCUT2D eigenvalue weighted by molar-refractivity contribution is 5.94. The minimum absolute atomic E-state index is 0.140. The minimum atomic E-state index is -0.615. The van der Waals surface area contributed by atoms with Crippen molar-refractivity contribution in [3.05, 3.63) is 23.8 Å². The lowest BCUT2D eigenvalue weighted by atomic mass is 9.78. The van der Waals surface area contributed by atoms with E-state index in [0.717, 1.165) is 12.8 Å². The lowest BCUT2D eigenvalue weighted by Crippen LogP contribution is -2.45. The summed E-state index contributed by atoms with van der Waals surface area (Å²) in [5.41, 5.74) is 0.231. The number of benzene rings is 1. The number of methoxy groups -OCH3 is 2. The molecule has 1 amide bonds. The largest absolute Gasteiger partial charge is 0.497 e. The van der Waals surface area contributed by atoms with Crippen LogP contribution >= 0.6 is 0 Å². The van der Waals surface area contributed by atoms with Crippen LogP contribution in [0.4, 0.5) is 0 Å². The summed E-state index contributed by atoms with van der Waals surface area (Å²) in [4.78, 5) is 24.4. The van der Waals surface area contributed by atoms with Gasteiger partial charge in [0.15, 0.2) is 6.61 Å². The number of carbonyl (C=O) groups excluding carboxylic acids is 2. The summed E-state index contributed by atoms with van der Waals surface area (Å²) in [6, 6.07) is 4.99. The van der Waals surface area contributed by atoms with Crippen LogP contribution in [0.2, 0.25) is 0 Å². The van der Waals surface area contributed by atoms with E-state index >= 15 is 0 Å². The number of carbonyl (C=O) groups is 2. The fourth-order valence-electron chi connectivity index (χ4n) is 3.22. The van der Waals surface area contributed by atoms with E-state index < -0.39 is 5.97 Å². The zero-order valence-electron chi connectivity index (χ0n) is 15.3. The molecule has 0 heterocycles. The van der Waals surface area contributed by atoms with Crippen molar-refractivity contribution in [2.75, 3.05) is 20.8 Å². The quantitative estimate of drug-likeness (QED) is 0.800. The lowest BCUT2D eigenvalue weighted by Gasteiger charge is -2.34. The smallest absolute Gasteiger partial charge is 0.342 e. The first-order chi connectivity index (χ1) is 12.0. The van der Waals surface area contributed by atoms with Gasteiger partial charge in [-0.3, -0.25) is 4.79 Å². The maximum Gasteiger partial charge on any atom is 0.342 e. The Morgan fingerprint density at radius 1 is 1.16 bits per heavy atom. The van der Waals surface area contributed by atoms with Gasteiger partial charge in [-0.15, -0.1) is 0 Å². The van der Waals surface area contributed by atoms with Crippen molar-refractivity contribution in [2.24, 2.45) is 11.8 Å². The first-order valence-electron chi connectivity index (χ1n) is 8.64. The number of rotatable bonds is 6. The molecule has 1 N–H and O–H groups in total. The molecular weight excluding hydrogens is 322 g/mol. The van der Waals surface area contributed by atoms with Gasteiger partial charge in [0.1, 0.15) is 17.1 Å². The average molecular weight is 349 g/mol. The van der Waals surface area contributed by atoms with E-state index in [-0.39, 0.29) is 24.1 Å². The van der Waals surface area contributed by atoms with E-state index in [0.29, 0.717) is 23.3 Å². The van der Waals surface area contributed by atoms with Crippen LogP contribution in [0.15, 0.2) is 18.2 Å². The number of ether oxygens (including phenoxy) is 3. The Labute approximate surface area is 148 Å². The molecule has 3 atom stereocenters. The van der Waals surface area contributed by atoms with E-state index in [9.17, 15) is 9.59 Å². The van der Waals surface area contributed by atoms with Crippen LogP contribution in [0.25, 0.3) is 0 Å². The molecule has 138 valence electrons. The molecule has 1 aromatic carbocycles. The Hall–Kier alpha value is -2.24. The summed E-state index contributed by atoms with van der Waals surface area (Å²) in [5.74, 6) is 1.01. The third kappa shape index (κ3) is 4.87. The van der Waals surface area contributed by atoms with Crippen molar-refractivity contribution in [3.63, 3.8) is 0 Å². The third-order valence-corrected chi connectivity index (χ3v) is 5.01. The molecular formula is C19H27NO5. The van der Waals surface area contributed by atoms with Crippen molar-refractivity contribution in [2.45, 2.75) is 39.2 Å². The van der Waals surface area contributed by atoms with Crippen molar-refractivity contribution >= 4 is 11.9 Å². The van der Waals surface area contributed by atoms with Gasteiger partial charge >= 0.3 is 5.97 Å². The minimum Gasteiger partial charge on any atom is -0.497 e. The normalized spacial score (nSPS) is 22.8. The summed E-state index contributed by atoms with van der Waals surface area (Å²) in [6.45, 7) is 4.05. The summed E-state index contributed by atoms with van der Waals surface area (Å²) >= 11 is 0. The number of hydrogen-bond donors (Lipinski definition) is 1. The van der Waals surface area contributed by atoms with Crippen LogP contribution in [-0.4, -0.2) is 38.7 Å². The van der Waals surface area contributed by atoms with Gasteiger partial charge in [-0.25, -0.2) is 4.79 Å². The molecule has 1 aliphatic carbocycles. The number of hydrogen-bond acceptors (Lipinski definition) is 5. The highest BCUT2D eigenvalue weighted by Crippen LogP contribution is 2.29. The number of esters is 1. The second kappa shape index (κ2) is 8.74. The number of amides is 1. The summed E-state index contributed by atoms with van der Waals surface area (Å²) < 4.78 is 15.4. The van der Waals surface area contributed by atoms with E-state index in [2.05, 4.69) is 19.2 Å². The zero-order chi connectivity index (χ0) is 18.4. The van der Waals surface area contributed by atoms with Crippen molar-refractivity contribution in [1.82, 2.24) is 5.32 Å². The van der Waals surface area contributed by atoms with E-state index in [1.54, 1.807) is 12.1 Å². The second-order valence-corrected chi connectivity index (χ2v) is 6.58. The molecule has 0 aromatic heterocycles. The van der Waals surface area contributed by atoms with Gasteiger partial charge < -0.3 is 19.5 Å². The van der Waals surface area contributed by atoms with Crippen LogP contribution in [0.1, 0.15) is 43.5 Å². The molecule has 2 rings (SSSR count). The molecule has 25 heavy (non-hydrogen) atoms. The monoisotopic (exact) mass is 349 g/mol. The molecule has 0 unspecified atom stereocenters. The second-order valence-electron chi connectivity index (χ2n) is 6.58. The first kappa shape index (κ1) is 19.1. The van der Waals surface area contributed by atoms with Crippen LogP contribution in [0, 0.1) is 11.8 Å². The molecule has 0 radical (unpaired) electrons. The molecule has 0 aliphatic heterocycles. The Morgan fingerprint density at radius 3 is 2.60 bits per heavy atom. The van der Waals surface area contributed by atoms with E-state index in [1.807, 2.05) is 0 Å². The Kier molecular flexibility index (Phi) is 6.67. The van der Waals surface area contributed by atoms with Crippen LogP contribution < -0.4 is 14.8 Å². The molecule has 0 saturated heterocycles. The molecule has 6 heteroatoms. The van der Waals surface area contributed by atoms with Crippen LogP contribution in [0.3, 0.4) is 0 Å². The molecule has 0 spiro atoms. The molecule has 0 bridgehead atoms. The lowest BCUT2D eigenvalue weighted by molar-refractivity contribution is -0.125. The number of nitrogens with one attached hydrogen (secondary N) is 1. The van der Waals surface area contributed by atoms with Gasteiger partial charge in [-0.05, 0) is 36.5 Å². The highest BCUT2D eigenvalue weighted by Gasteiger charge is 2.28. The van der Waals surface area contributed by atoms with Gasteiger partial charge in [0, 0.05) is 6.04 Å². The molecule has 1 aliphatic rings. The average Bonchev–Trinajstić information content (AvgIpc) is 2.63. The third-order valence-electron chi connectivity index (χ3n) is 5.01. The maximum absolute atomic E-state index is 12.3. The van der Waals surface area contributed by atoms with Crippen LogP contribution in [0.5, 0.6) is 11.5 Å². The van der Waals surface area contributed by atoms with Crippen LogP contribution in [-0.2, 0) is 9.53 Å². The van der Waals surface area contributed by atoms with Gasteiger partial charge in [0.25, 0.3) is 5.91 Å². The van der Waals surface area contributed by atoms with Crippen molar-refractivity contribution < 1.29 is 23.8 Å². The zero-order valence-corrected chi connectivity index (χ0v) is 15.3. The standard InChI is InChI=1S/C19H27NO5/c1-12-6-5-7-16(13(12)2)20-18(21)11-25-19(22)15-10-14(23-3)8-9-17(15)24-4/h8-10,12-13,16H,5-7,11H2,1-4H3,(H,20,21)/t12-,13-,16+/m1/s1. The first-order valence-corrected chi connectivity index (χ1v) is 8.64. The van der Waals surface area contributed by atoms with Gasteiger partial charge in [-0.1, -0.05) is 26.7 Å².